The molecule has 1 aromatic heterocycles. The van der Waals surface area contributed by atoms with Gasteiger partial charge in [-0.05, 0) is 44.2 Å². The molecule has 0 radical (unpaired) electrons. The van der Waals surface area contributed by atoms with Crippen molar-refractivity contribution in [3.63, 3.8) is 0 Å². The molecule has 0 aliphatic rings. The van der Waals surface area contributed by atoms with Crippen LogP contribution in [-0.2, 0) is 13.1 Å². The Kier molecular flexibility index (Phi) is 4.94. The molecule has 108 valence electrons. The lowest BCUT2D eigenvalue weighted by molar-refractivity contribution is 0.614. The lowest BCUT2D eigenvalue weighted by Gasteiger charge is -2.07. The summed E-state index contributed by atoms with van der Waals surface area (Å²) in [6.45, 7) is 8.48. The van der Waals surface area contributed by atoms with Gasteiger partial charge in [0.05, 0.1) is 12.2 Å². The molecule has 0 saturated heterocycles. The van der Waals surface area contributed by atoms with Gasteiger partial charge in [-0.3, -0.25) is 4.68 Å². The van der Waals surface area contributed by atoms with Crippen molar-refractivity contribution in [3.05, 3.63) is 51.0 Å². The van der Waals surface area contributed by atoms with Crippen LogP contribution in [0.15, 0.2) is 22.7 Å². The Morgan fingerprint density at radius 2 is 2.05 bits per heavy atom. The maximum Gasteiger partial charge on any atom is 0.124 e. The molecule has 0 spiro atoms. The first-order valence-corrected chi connectivity index (χ1v) is 7.49. The van der Waals surface area contributed by atoms with E-state index in [4.69, 9.17) is 0 Å². The van der Waals surface area contributed by atoms with Crippen LogP contribution in [0, 0.1) is 19.7 Å². The van der Waals surface area contributed by atoms with E-state index in [0.29, 0.717) is 6.54 Å². The van der Waals surface area contributed by atoms with Gasteiger partial charge in [0.2, 0.25) is 0 Å². The fourth-order valence-corrected chi connectivity index (χ4v) is 2.78. The standard InChI is InChI=1S/C15H19BrFN3/c1-4-18-8-15-10(2)19-20(11(15)3)9-12-5-13(16)7-14(17)6-12/h5-7,18H,4,8-9H2,1-3H3. The third kappa shape index (κ3) is 3.46. The molecule has 0 bridgehead atoms. The Labute approximate surface area is 127 Å². The Balaban J connectivity index is 2.25. The average molecular weight is 340 g/mol. The second-order valence-electron chi connectivity index (χ2n) is 4.87. The molecule has 0 fully saturated rings. The molecule has 3 nitrogen and oxygen atoms in total. The van der Waals surface area contributed by atoms with Gasteiger partial charge in [0.1, 0.15) is 5.82 Å². The molecule has 5 heteroatoms. The number of rotatable bonds is 5. The summed E-state index contributed by atoms with van der Waals surface area (Å²) in [5.74, 6) is -0.233. The zero-order valence-electron chi connectivity index (χ0n) is 12.0. The number of hydrogen-bond donors (Lipinski definition) is 1. The number of hydrogen-bond acceptors (Lipinski definition) is 2. The molecule has 1 aromatic carbocycles. The predicted octanol–water partition coefficient (Wildman–Crippen LogP) is 3.56. The Morgan fingerprint density at radius 3 is 2.70 bits per heavy atom. The van der Waals surface area contributed by atoms with Gasteiger partial charge in [-0.2, -0.15) is 5.10 Å². The predicted molar refractivity (Wildman–Crippen MR) is 82.3 cm³/mol. The third-order valence-corrected chi connectivity index (χ3v) is 3.80. The zero-order valence-corrected chi connectivity index (χ0v) is 13.6. The topological polar surface area (TPSA) is 29.9 Å². The fraction of sp³-hybridized carbons (Fsp3) is 0.400. The van der Waals surface area contributed by atoms with Crippen molar-refractivity contribution in [1.29, 1.82) is 0 Å². The average Bonchev–Trinajstić information content (AvgIpc) is 2.61. The van der Waals surface area contributed by atoms with Gasteiger partial charge in [-0.15, -0.1) is 0 Å². The fourth-order valence-electron chi connectivity index (χ4n) is 2.27. The zero-order chi connectivity index (χ0) is 14.7. The highest BCUT2D eigenvalue weighted by atomic mass is 79.9. The van der Waals surface area contributed by atoms with Crippen LogP contribution in [-0.4, -0.2) is 16.3 Å². The maximum absolute atomic E-state index is 13.4. The van der Waals surface area contributed by atoms with Gasteiger partial charge in [-0.25, -0.2) is 4.39 Å². The summed E-state index contributed by atoms with van der Waals surface area (Å²) in [5.41, 5.74) is 4.28. The third-order valence-electron chi connectivity index (χ3n) is 3.34. The molecule has 20 heavy (non-hydrogen) atoms. The van der Waals surface area contributed by atoms with E-state index in [-0.39, 0.29) is 5.82 Å². The molecule has 0 unspecified atom stereocenters. The monoisotopic (exact) mass is 339 g/mol. The molecule has 2 rings (SSSR count). The van der Waals surface area contributed by atoms with Crippen LogP contribution >= 0.6 is 15.9 Å². The van der Waals surface area contributed by atoms with Crippen molar-refractivity contribution < 1.29 is 4.39 Å². The molecule has 1 N–H and O–H groups in total. The number of aromatic nitrogens is 2. The van der Waals surface area contributed by atoms with E-state index in [0.717, 1.165) is 34.5 Å². The van der Waals surface area contributed by atoms with Crippen LogP contribution in [0.5, 0.6) is 0 Å². The molecule has 0 atom stereocenters. The Bertz CT molecular complexity index is 587. The number of aryl methyl sites for hydroxylation is 1. The highest BCUT2D eigenvalue weighted by molar-refractivity contribution is 9.10. The largest absolute Gasteiger partial charge is 0.313 e. The van der Waals surface area contributed by atoms with E-state index >= 15 is 0 Å². The van der Waals surface area contributed by atoms with E-state index in [1.54, 1.807) is 6.07 Å². The van der Waals surface area contributed by atoms with Crippen LogP contribution < -0.4 is 5.32 Å². The number of nitrogens with zero attached hydrogens (tertiary/aromatic N) is 2. The van der Waals surface area contributed by atoms with Crippen molar-refractivity contribution in [3.8, 4) is 0 Å². The molecule has 1 heterocycles. The van der Waals surface area contributed by atoms with Gasteiger partial charge < -0.3 is 5.32 Å². The molecular formula is C15H19BrFN3. The van der Waals surface area contributed by atoms with E-state index < -0.39 is 0 Å². The normalized spacial score (nSPS) is 11.1. The van der Waals surface area contributed by atoms with Crippen LogP contribution in [0.2, 0.25) is 0 Å². The van der Waals surface area contributed by atoms with E-state index in [9.17, 15) is 4.39 Å². The minimum Gasteiger partial charge on any atom is -0.313 e. The van der Waals surface area contributed by atoms with Crippen molar-refractivity contribution in [2.45, 2.75) is 33.9 Å². The molecular weight excluding hydrogens is 321 g/mol. The van der Waals surface area contributed by atoms with Crippen LogP contribution in [0.1, 0.15) is 29.4 Å². The van der Waals surface area contributed by atoms with Crippen molar-refractivity contribution in [1.82, 2.24) is 15.1 Å². The number of halogens is 2. The summed E-state index contributed by atoms with van der Waals surface area (Å²) in [5, 5.41) is 7.88. The summed E-state index contributed by atoms with van der Waals surface area (Å²) in [6.07, 6.45) is 0. The first-order chi connectivity index (χ1) is 9.51. The summed E-state index contributed by atoms with van der Waals surface area (Å²) < 4.78 is 16.1. The van der Waals surface area contributed by atoms with Crippen molar-refractivity contribution in [2.24, 2.45) is 0 Å². The van der Waals surface area contributed by atoms with Crippen LogP contribution in [0.4, 0.5) is 4.39 Å². The van der Waals surface area contributed by atoms with Gasteiger partial charge >= 0.3 is 0 Å². The number of benzene rings is 1. The Hall–Kier alpha value is -1.20. The minimum absolute atomic E-state index is 0.233. The quantitative estimate of drug-likeness (QED) is 0.902. The minimum atomic E-state index is -0.233. The lowest BCUT2D eigenvalue weighted by Crippen LogP contribution is -2.13. The molecule has 0 amide bonds. The van der Waals surface area contributed by atoms with Crippen LogP contribution in [0.25, 0.3) is 0 Å². The molecule has 0 aliphatic carbocycles. The van der Waals surface area contributed by atoms with Gasteiger partial charge in [0.15, 0.2) is 0 Å². The highest BCUT2D eigenvalue weighted by Crippen LogP contribution is 2.18. The van der Waals surface area contributed by atoms with E-state index in [2.05, 4.69) is 40.2 Å². The molecule has 2 aromatic rings. The first kappa shape index (κ1) is 15.2. The number of nitrogens with one attached hydrogen (secondary N) is 1. The molecule has 0 saturated carbocycles. The van der Waals surface area contributed by atoms with Gasteiger partial charge in [0, 0.05) is 22.3 Å². The summed E-state index contributed by atoms with van der Waals surface area (Å²) >= 11 is 3.32. The van der Waals surface area contributed by atoms with Crippen LogP contribution in [0.3, 0.4) is 0 Å². The van der Waals surface area contributed by atoms with Gasteiger partial charge in [0.25, 0.3) is 0 Å². The van der Waals surface area contributed by atoms with E-state index in [1.807, 2.05) is 17.7 Å². The lowest BCUT2D eigenvalue weighted by atomic mass is 10.2. The summed E-state index contributed by atoms with van der Waals surface area (Å²) in [6, 6.07) is 4.93. The smallest absolute Gasteiger partial charge is 0.124 e. The second kappa shape index (κ2) is 6.50. The highest BCUT2D eigenvalue weighted by Gasteiger charge is 2.11. The Morgan fingerprint density at radius 1 is 1.30 bits per heavy atom. The van der Waals surface area contributed by atoms with E-state index in [1.165, 1.54) is 11.6 Å². The molecule has 0 aliphatic heterocycles. The van der Waals surface area contributed by atoms with Gasteiger partial charge in [-0.1, -0.05) is 22.9 Å². The second-order valence-corrected chi connectivity index (χ2v) is 5.78. The van der Waals surface area contributed by atoms with Crippen molar-refractivity contribution >= 4 is 15.9 Å². The summed E-state index contributed by atoms with van der Waals surface area (Å²) in [4.78, 5) is 0. The first-order valence-electron chi connectivity index (χ1n) is 6.69. The SMILES string of the molecule is CCNCc1c(C)nn(Cc2cc(F)cc(Br)c2)c1C. The summed E-state index contributed by atoms with van der Waals surface area (Å²) in [7, 11) is 0. The maximum atomic E-state index is 13.4. The van der Waals surface area contributed by atoms with Crippen molar-refractivity contribution in [2.75, 3.05) is 6.54 Å².